The Morgan fingerprint density at radius 2 is 1.62 bits per heavy atom. The zero-order valence-electron chi connectivity index (χ0n) is 18.8. The first-order valence-electron chi connectivity index (χ1n) is 12.2. The minimum atomic E-state index is -0.679. The van der Waals surface area contributed by atoms with Crippen LogP contribution in [-0.2, 0) is 4.79 Å². The third-order valence-corrected chi connectivity index (χ3v) is 10.6. The normalized spacial score (nSPS) is 51.4. The lowest BCUT2D eigenvalue weighted by Gasteiger charge is -2.62. The van der Waals surface area contributed by atoms with Gasteiger partial charge in [0.15, 0.2) is 0 Å². The van der Waals surface area contributed by atoms with E-state index in [0.29, 0.717) is 35.5 Å². The first-order valence-corrected chi connectivity index (χ1v) is 12.2. The second-order valence-electron chi connectivity index (χ2n) is 11.9. The van der Waals surface area contributed by atoms with E-state index in [1.54, 1.807) is 0 Å². The second-order valence-corrected chi connectivity index (χ2v) is 11.9. The lowest BCUT2D eigenvalue weighted by atomic mass is 9.43. The van der Waals surface area contributed by atoms with Crippen LogP contribution in [-0.4, -0.2) is 33.5 Å². The maximum absolute atomic E-state index is 11.4. The van der Waals surface area contributed by atoms with Gasteiger partial charge < -0.3 is 15.3 Å². The Kier molecular flexibility index (Phi) is 5.60. The van der Waals surface area contributed by atoms with Gasteiger partial charge in [-0.25, -0.2) is 0 Å². The van der Waals surface area contributed by atoms with Gasteiger partial charge in [-0.15, -0.1) is 0 Å². The molecule has 4 aliphatic carbocycles. The maximum atomic E-state index is 11.4. The fourth-order valence-electron chi connectivity index (χ4n) is 9.00. The lowest BCUT2D eigenvalue weighted by Crippen LogP contribution is -2.58. The zero-order valence-corrected chi connectivity index (χ0v) is 18.8. The highest BCUT2D eigenvalue weighted by Crippen LogP contribution is 2.68. The monoisotopic (exact) mass is 406 g/mol. The highest BCUT2D eigenvalue weighted by Gasteiger charge is 2.62. The van der Waals surface area contributed by atoms with Crippen LogP contribution in [0.4, 0.5) is 0 Å². The van der Waals surface area contributed by atoms with E-state index in [9.17, 15) is 20.1 Å². The highest BCUT2D eigenvalue weighted by molar-refractivity contribution is 5.69. The fourth-order valence-corrected chi connectivity index (χ4v) is 9.00. The molecule has 166 valence electrons. The maximum Gasteiger partial charge on any atom is 0.306 e. The predicted molar refractivity (Wildman–Crippen MR) is 113 cm³/mol. The molecule has 0 bridgehead atoms. The van der Waals surface area contributed by atoms with Crippen molar-refractivity contribution in [3.63, 3.8) is 0 Å². The molecule has 0 amide bonds. The van der Waals surface area contributed by atoms with Crippen LogP contribution < -0.4 is 0 Å². The number of aliphatic hydroxyl groups excluding tert-OH is 2. The summed E-state index contributed by atoms with van der Waals surface area (Å²) in [5, 5.41) is 30.9. The van der Waals surface area contributed by atoms with Gasteiger partial charge in [-0.3, -0.25) is 4.79 Å². The second kappa shape index (κ2) is 7.51. The minimum absolute atomic E-state index is 0.182. The summed E-state index contributed by atoms with van der Waals surface area (Å²) in [6.07, 6.45) is 8.87. The zero-order chi connectivity index (χ0) is 21.1. The van der Waals surface area contributed by atoms with Crippen molar-refractivity contribution >= 4 is 5.97 Å². The highest BCUT2D eigenvalue weighted by atomic mass is 16.4. The molecule has 29 heavy (non-hydrogen) atoms. The van der Waals surface area contributed by atoms with Gasteiger partial charge in [0.05, 0.1) is 18.1 Å². The van der Waals surface area contributed by atoms with Gasteiger partial charge in [0, 0.05) is 0 Å². The molecule has 4 rings (SSSR count). The van der Waals surface area contributed by atoms with E-state index in [0.717, 1.165) is 32.1 Å². The Hall–Kier alpha value is -0.610. The molecule has 4 aliphatic rings. The average molecular weight is 407 g/mol. The summed E-state index contributed by atoms with van der Waals surface area (Å²) in [6, 6.07) is 0. The molecular weight excluding hydrogens is 364 g/mol. The van der Waals surface area contributed by atoms with E-state index in [2.05, 4.69) is 20.8 Å². The largest absolute Gasteiger partial charge is 0.481 e. The molecular formula is C25H42O4. The van der Waals surface area contributed by atoms with Crippen LogP contribution in [0.1, 0.15) is 85.5 Å². The lowest BCUT2D eigenvalue weighted by molar-refractivity contribution is -0.174. The number of hydrogen-bond donors (Lipinski definition) is 3. The van der Waals surface area contributed by atoms with Crippen LogP contribution >= 0.6 is 0 Å². The number of fused-ring (bicyclic) bond motifs is 5. The molecule has 0 aliphatic heterocycles. The van der Waals surface area contributed by atoms with Gasteiger partial charge >= 0.3 is 5.97 Å². The fraction of sp³-hybridized carbons (Fsp3) is 0.960. The minimum Gasteiger partial charge on any atom is -0.481 e. The molecule has 0 aromatic rings. The van der Waals surface area contributed by atoms with Crippen LogP contribution in [0.3, 0.4) is 0 Å². The topological polar surface area (TPSA) is 77.8 Å². The van der Waals surface area contributed by atoms with E-state index in [1.165, 1.54) is 25.7 Å². The van der Waals surface area contributed by atoms with Crippen LogP contribution in [0.5, 0.6) is 0 Å². The Labute approximate surface area is 176 Å². The quantitative estimate of drug-likeness (QED) is 0.631. The molecule has 0 aromatic heterocycles. The Morgan fingerprint density at radius 1 is 0.966 bits per heavy atom. The van der Waals surface area contributed by atoms with Gasteiger partial charge in [0.25, 0.3) is 0 Å². The van der Waals surface area contributed by atoms with E-state index in [-0.39, 0.29) is 29.0 Å². The number of rotatable bonds is 4. The van der Waals surface area contributed by atoms with Crippen molar-refractivity contribution in [2.75, 3.05) is 0 Å². The Morgan fingerprint density at radius 3 is 2.31 bits per heavy atom. The standard InChI is InChI=1S/C25H42O4/c1-14(11-15(2)23(28)29)18-5-6-19-22-20(8-10-25(18,19)4)24(3)9-7-17(26)12-16(24)13-21(22)27/h14-22,26-27H,5-13H2,1-4H3,(H,28,29)/t14-,15?,16?,17-,18-,19?,20?,21+,22?,24+,25-/m1/s1. The smallest absolute Gasteiger partial charge is 0.306 e. The number of carboxylic acid groups (broad SMARTS) is 1. The number of carbonyl (C=O) groups is 1. The van der Waals surface area contributed by atoms with Crippen molar-refractivity contribution in [1.29, 1.82) is 0 Å². The third-order valence-electron chi connectivity index (χ3n) is 10.6. The first kappa shape index (κ1) is 21.6. The van der Waals surface area contributed by atoms with Crippen molar-refractivity contribution in [3.8, 4) is 0 Å². The number of aliphatic carboxylic acids is 1. The van der Waals surface area contributed by atoms with E-state index >= 15 is 0 Å². The summed E-state index contributed by atoms with van der Waals surface area (Å²) in [4.78, 5) is 11.4. The van der Waals surface area contributed by atoms with Crippen molar-refractivity contribution in [2.45, 2.75) is 97.7 Å². The summed E-state index contributed by atoms with van der Waals surface area (Å²) in [5.74, 6) is 2.02. The SMILES string of the molecule is CC(C[C@@H](C)[C@H]1CCC2C3C(CC[C@@]21C)[C@@]1(C)CC[C@@H](O)CC1C[C@@H]3O)C(=O)O. The predicted octanol–water partition coefficient (Wildman–Crippen LogP) is 4.72. The van der Waals surface area contributed by atoms with E-state index in [1.807, 2.05) is 6.92 Å². The molecule has 11 atom stereocenters. The van der Waals surface area contributed by atoms with Crippen LogP contribution in [0.15, 0.2) is 0 Å². The molecule has 4 nitrogen and oxygen atoms in total. The third kappa shape index (κ3) is 3.37. The Balaban J connectivity index is 1.56. The molecule has 0 saturated heterocycles. The van der Waals surface area contributed by atoms with Crippen molar-refractivity contribution in [3.05, 3.63) is 0 Å². The van der Waals surface area contributed by atoms with Crippen LogP contribution in [0.25, 0.3) is 0 Å². The summed E-state index contributed by atoms with van der Waals surface area (Å²) in [6.45, 7) is 9.02. The van der Waals surface area contributed by atoms with Crippen LogP contribution in [0, 0.1) is 52.3 Å². The first-order chi connectivity index (χ1) is 13.6. The average Bonchev–Trinajstić information content (AvgIpc) is 3.00. The molecule has 0 heterocycles. The molecule has 4 heteroatoms. The van der Waals surface area contributed by atoms with Crippen molar-refractivity contribution in [2.24, 2.45) is 52.3 Å². The van der Waals surface area contributed by atoms with Gasteiger partial charge in [0.2, 0.25) is 0 Å². The summed E-state index contributed by atoms with van der Waals surface area (Å²) >= 11 is 0. The van der Waals surface area contributed by atoms with Crippen molar-refractivity contribution < 1.29 is 20.1 Å². The van der Waals surface area contributed by atoms with Gasteiger partial charge in [-0.05, 0) is 104 Å². The Bertz CT molecular complexity index is 634. The summed E-state index contributed by atoms with van der Waals surface area (Å²) < 4.78 is 0. The molecule has 4 saturated carbocycles. The molecule has 0 radical (unpaired) electrons. The van der Waals surface area contributed by atoms with Crippen LogP contribution in [0.2, 0.25) is 0 Å². The summed E-state index contributed by atoms with van der Waals surface area (Å²) in [7, 11) is 0. The number of hydrogen-bond acceptors (Lipinski definition) is 3. The summed E-state index contributed by atoms with van der Waals surface area (Å²) in [5.41, 5.74) is 0.503. The van der Waals surface area contributed by atoms with Gasteiger partial charge in [0.1, 0.15) is 0 Å². The molecule has 3 N–H and O–H groups in total. The molecule has 0 aromatic carbocycles. The van der Waals surface area contributed by atoms with Gasteiger partial charge in [-0.1, -0.05) is 27.7 Å². The van der Waals surface area contributed by atoms with E-state index in [4.69, 9.17) is 0 Å². The molecule has 5 unspecified atom stereocenters. The molecule has 0 spiro atoms. The van der Waals surface area contributed by atoms with Crippen molar-refractivity contribution in [1.82, 2.24) is 0 Å². The van der Waals surface area contributed by atoms with E-state index < -0.39 is 5.97 Å². The number of aliphatic hydroxyl groups is 2. The van der Waals surface area contributed by atoms with Gasteiger partial charge in [-0.2, -0.15) is 0 Å². The molecule has 4 fully saturated rings. The number of carboxylic acids is 1.